The van der Waals surface area contributed by atoms with E-state index < -0.39 is 24.5 Å². The molecule has 154 valence electrons. The van der Waals surface area contributed by atoms with Gasteiger partial charge in [-0.2, -0.15) is 0 Å². The molecule has 3 rings (SSSR count). The van der Waals surface area contributed by atoms with Crippen LogP contribution in [0.25, 0.3) is 0 Å². The van der Waals surface area contributed by atoms with Crippen LogP contribution in [-0.2, 0) is 34.2 Å². The van der Waals surface area contributed by atoms with Crippen LogP contribution >= 0.6 is 11.3 Å². The van der Waals surface area contributed by atoms with E-state index in [1.54, 1.807) is 14.0 Å². The second kappa shape index (κ2) is 8.60. The summed E-state index contributed by atoms with van der Waals surface area (Å²) >= 11 is 1.36. The Hall–Kier alpha value is -2.94. The smallest absolute Gasteiger partial charge is 0.355 e. The maximum Gasteiger partial charge on any atom is 0.355 e. The monoisotopic (exact) mass is 418 g/mol. The number of hydrogen-bond acceptors (Lipinski definition) is 7. The number of Topliss-reactive ketones (excluding diaryl/α,β-unsaturated/α-hetero) is 1. The first-order valence-electron chi connectivity index (χ1n) is 9.27. The van der Waals surface area contributed by atoms with Gasteiger partial charge in [-0.15, -0.1) is 11.3 Å². The molecule has 0 unspecified atom stereocenters. The van der Waals surface area contributed by atoms with Crippen molar-refractivity contribution in [3.8, 4) is 0 Å². The fraction of sp³-hybridized carbons (Fsp3) is 0.400. The van der Waals surface area contributed by atoms with Gasteiger partial charge in [-0.25, -0.2) is 9.59 Å². The quantitative estimate of drug-likeness (QED) is 0.548. The summed E-state index contributed by atoms with van der Waals surface area (Å²) in [4.78, 5) is 49.4. The minimum atomic E-state index is -0.713. The number of aryl methyl sites for hydroxylation is 2. The average Bonchev–Trinajstić information content (AvgIpc) is 3.34. The van der Waals surface area contributed by atoms with Crippen LogP contribution in [0.15, 0.2) is 12.3 Å². The van der Waals surface area contributed by atoms with Crippen molar-refractivity contribution in [1.29, 1.82) is 0 Å². The summed E-state index contributed by atoms with van der Waals surface area (Å²) in [5, 5.41) is 3.09. The van der Waals surface area contributed by atoms with Crippen LogP contribution in [0.4, 0.5) is 5.00 Å². The Bertz CT molecular complexity index is 988. The van der Waals surface area contributed by atoms with Gasteiger partial charge in [0.15, 0.2) is 12.4 Å². The molecular formula is C20H22N2O6S. The number of amides is 1. The maximum atomic E-state index is 12.3. The molecule has 29 heavy (non-hydrogen) atoms. The number of rotatable bonds is 7. The van der Waals surface area contributed by atoms with Gasteiger partial charge in [-0.3, -0.25) is 9.59 Å². The largest absolute Gasteiger partial charge is 0.462 e. The van der Waals surface area contributed by atoms with Gasteiger partial charge in [-0.1, -0.05) is 0 Å². The van der Waals surface area contributed by atoms with E-state index >= 15 is 0 Å². The fourth-order valence-electron chi connectivity index (χ4n) is 3.24. The molecule has 0 saturated carbocycles. The van der Waals surface area contributed by atoms with Gasteiger partial charge >= 0.3 is 11.9 Å². The summed E-state index contributed by atoms with van der Waals surface area (Å²) in [7, 11) is 1.61. The SMILES string of the molecule is CCOC(=O)c1c(NC(=O)COC(=O)c2cc(C(C)=O)cn2C)sc2c1CCC2. The molecule has 1 aliphatic rings. The number of fused-ring (bicyclic) bond motifs is 1. The third-order valence-corrected chi connectivity index (χ3v) is 5.82. The normalized spacial score (nSPS) is 12.4. The second-order valence-corrected chi connectivity index (χ2v) is 7.79. The van der Waals surface area contributed by atoms with Gasteiger partial charge in [0.25, 0.3) is 5.91 Å². The molecule has 0 radical (unpaired) electrons. The number of carbonyl (C=O) groups excluding carboxylic acids is 4. The van der Waals surface area contributed by atoms with E-state index in [2.05, 4.69) is 5.32 Å². The van der Waals surface area contributed by atoms with Gasteiger partial charge in [0, 0.05) is 23.7 Å². The number of ketones is 1. The predicted molar refractivity (Wildman–Crippen MR) is 107 cm³/mol. The zero-order chi connectivity index (χ0) is 21.1. The Morgan fingerprint density at radius 1 is 1.17 bits per heavy atom. The van der Waals surface area contributed by atoms with E-state index in [0.29, 0.717) is 16.1 Å². The van der Waals surface area contributed by atoms with Gasteiger partial charge < -0.3 is 19.4 Å². The number of hydrogen-bond donors (Lipinski definition) is 1. The molecule has 0 aromatic carbocycles. The van der Waals surface area contributed by atoms with Crippen LogP contribution in [0.5, 0.6) is 0 Å². The number of esters is 2. The Labute approximate surface area is 171 Å². The van der Waals surface area contributed by atoms with Crippen molar-refractivity contribution < 1.29 is 28.7 Å². The zero-order valence-corrected chi connectivity index (χ0v) is 17.3. The zero-order valence-electron chi connectivity index (χ0n) is 16.5. The minimum Gasteiger partial charge on any atom is -0.462 e. The molecule has 1 aliphatic carbocycles. The second-order valence-electron chi connectivity index (χ2n) is 6.69. The summed E-state index contributed by atoms with van der Waals surface area (Å²) in [5.74, 6) is -1.89. The molecule has 1 N–H and O–H groups in total. The summed E-state index contributed by atoms with van der Waals surface area (Å²) in [6.07, 6.45) is 4.14. The van der Waals surface area contributed by atoms with Crippen molar-refractivity contribution in [3.05, 3.63) is 39.5 Å². The van der Waals surface area contributed by atoms with Crippen molar-refractivity contribution in [3.63, 3.8) is 0 Å². The highest BCUT2D eigenvalue weighted by Crippen LogP contribution is 2.39. The summed E-state index contributed by atoms with van der Waals surface area (Å²) in [6, 6.07) is 1.42. The fourth-order valence-corrected chi connectivity index (χ4v) is 4.53. The van der Waals surface area contributed by atoms with E-state index in [-0.39, 0.29) is 18.1 Å². The van der Waals surface area contributed by atoms with Crippen LogP contribution in [0.1, 0.15) is 61.9 Å². The highest BCUT2D eigenvalue weighted by atomic mass is 32.1. The molecule has 1 amide bonds. The Morgan fingerprint density at radius 3 is 2.59 bits per heavy atom. The topological polar surface area (TPSA) is 104 Å². The molecular weight excluding hydrogens is 396 g/mol. The van der Waals surface area contributed by atoms with E-state index in [0.717, 1.165) is 29.7 Å². The Kier molecular flexibility index (Phi) is 6.17. The lowest BCUT2D eigenvalue weighted by molar-refractivity contribution is -0.119. The summed E-state index contributed by atoms with van der Waals surface area (Å²) < 4.78 is 11.7. The third kappa shape index (κ3) is 4.40. The van der Waals surface area contributed by atoms with E-state index in [4.69, 9.17) is 9.47 Å². The minimum absolute atomic E-state index is 0.172. The molecule has 0 aliphatic heterocycles. The van der Waals surface area contributed by atoms with E-state index in [9.17, 15) is 19.2 Å². The van der Waals surface area contributed by atoms with Gasteiger partial charge in [0.2, 0.25) is 0 Å². The lowest BCUT2D eigenvalue weighted by atomic mass is 10.1. The molecule has 8 nitrogen and oxygen atoms in total. The van der Waals surface area contributed by atoms with Crippen molar-refractivity contribution in [2.24, 2.45) is 7.05 Å². The molecule has 2 aromatic heterocycles. The molecule has 2 aromatic rings. The number of nitrogens with zero attached hydrogens (tertiary/aromatic N) is 1. The van der Waals surface area contributed by atoms with Gasteiger partial charge in [0.05, 0.1) is 12.2 Å². The maximum absolute atomic E-state index is 12.3. The van der Waals surface area contributed by atoms with Crippen molar-refractivity contribution in [2.45, 2.75) is 33.1 Å². The first kappa shape index (κ1) is 20.8. The lowest BCUT2D eigenvalue weighted by Gasteiger charge is -2.09. The first-order chi connectivity index (χ1) is 13.8. The highest BCUT2D eigenvalue weighted by molar-refractivity contribution is 7.17. The summed E-state index contributed by atoms with van der Waals surface area (Å²) in [6.45, 7) is 2.86. The lowest BCUT2D eigenvalue weighted by Crippen LogP contribution is -2.22. The average molecular weight is 418 g/mol. The molecule has 0 fully saturated rings. The molecule has 9 heteroatoms. The number of anilines is 1. The van der Waals surface area contributed by atoms with Crippen LogP contribution in [0.2, 0.25) is 0 Å². The van der Waals surface area contributed by atoms with Crippen molar-refractivity contribution >= 4 is 40.0 Å². The predicted octanol–water partition coefficient (Wildman–Crippen LogP) is 2.75. The van der Waals surface area contributed by atoms with Crippen LogP contribution in [-0.4, -0.2) is 41.4 Å². The Balaban J connectivity index is 1.66. The van der Waals surface area contributed by atoms with Gasteiger partial charge in [-0.05, 0) is 44.7 Å². The summed E-state index contributed by atoms with van der Waals surface area (Å²) in [5.41, 5.74) is 1.89. The van der Waals surface area contributed by atoms with Gasteiger partial charge in [0.1, 0.15) is 10.7 Å². The highest BCUT2D eigenvalue weighted by Gasteiger charge is 2.28. The number of ether oxygens (including phenoxy) is 2. The molecule has 0 spiro atoms. The van der Waals surface area contributed by atoms with Crippen molar-refractivity contribution in [1.82, 2.24) is 4.57 Å². The third-order valence-electron chi connectivity index (χ3n) is 4.61. The number of thiophene rings is 1. The first-order valence-corrected chi connectivity index (χ1v) is 10.1. The molecule has 0 saturated heterocycles. The van der Waals surface area contributed by atoms with Crippen LogP contribution < -0.4 is 5.32 Å². The number of carbonyl (C=O) groups is 4. The van der Waals surface area contributed by atoms with Crippen LogP contribution in [0.3, 0.4) is 0 Å². The standard InChI is InChI=1S/C20H22N2O6S/c1-4-27-20(26)17-13-6-5-7-15(13)29-18(17)21-16(24)10-28-19(25)14-8-12(11(2)23)9-22(14)3/h8-9H,4-7,10H2,1-3H3,(H,21,24). The van der Waals surface area contributed by atoms with E-state index in [1.165, 1.54) is 35.1 Å². The molecule has 0 atom stereocenters. The number of nitrogens with one attached hydrogen (secondary N) is 1. The molecule has 0 bridgehead atoms. The van der Waals surface area contributed by atoms with Crippen LogP contribution in [0, 0.1) is 0 Å². The number of aromatic nitrogens is 1. The molecule has 2 heterocycles. The Morgan fingerprint density at radius 2 is 1.93 bits per heavy atom. The van der Waals surface area contributed by atoms with E-state index in [1.807, 2.05) is 0 Å². The van der Waals surface area contributed by atoms with Crippen molar-refractivity contribution in [2.75, 3.05) is 18.5 Å².